The number of amides is 1. The summed E-state index contributed by atoms with van der Waals surface area (Å²) in [6, 6.07) is 18.8. The second kappa shape index (κ2) is 10.5. The van der Waals surface area contributed by atoms with Crippen LogP contribution in [0, 0.1) is 0 Å². The second-order valence-corrected chi connectivity index (χ2v) is 10.5. The minimum Gasteiger partial charge on any atom is -0.478 e. The number of nitrogens with one attached hydrogen (secondary N) is 1. The summed E-state index contributed by atoms with van der Waals surface area (Å²) >= 11 is 19.5. The molecule has 1 aromatic heterocycles. The van der Waals surface area contributed by atoms with Crippen molar-refractivity contribution in [2.24, 2.45) is 0 Å². The lowest BCUT2D eigenvalue weighted by molar-refractivity contribution is -0.152. The van der Waals surface area contributed by atoms with Crippen LogP contribution in [0.2, 0.25) is 15.1 Å². The van der Waals surface area contributed by atoms with Crippen LogP contribution in [0.5, 0.6) is 5.75 Å². The topological polar surface area (TPSA) is 88.5 Å². The van der Waals surface area contributed by atoms with E-state index in [1.165, 1.54) is 25.2 Å². The Kier molecular flexibility index (Phi) is 7.57. The van der Waals surface area contributed by atoms with Crippen molar-refractivity contribution in [3.63, 3.8) is 0 Å². The lowest BCUT2D eigenvalue weighted by atomic mass is 10.1. The highest BCUT2D eigenvalue weighted by Gasteiger charge is 2.29. The maximum Gasteiger partial charge on any atom is 0.347 e. The number of aliphatic carboxylic acids is 1. The van der Waals surface area contributed by atoms with Crippen LogP contribution in [0.1, 0.15) is 24.3 Å². The van der Waals surface area contributed by atoms with Gasteiger partial charge in [-0.1, -0.05) is 46.9 Å². The molecule has 4 aromatic rings. The summed E-state index contributed by atoms with van der Waals surface area (Å²) in [4.78, 5) is 29.9. The fourth-order valence-electron chi connectivity index (χ4n) is 3.16. The maximum atomic E-state index is 13.2. The third-order valence-corrected chi connectivity index (χ3v) is 7.26. The van der Waals surface area contributed by atoms with Crippen LogP contribution in [0.25, 0.3) is 21.0 Å². The number of hydrogen-bond donors (Lipinski definition) is 2. The molecule has 1 amide bonds. The molecule has 36 heavy (non-hydrogen) atoms. The van der Waals surface area contributed by atoms with Gasteiger partial charge in [-0.05, 0) is 74.0 Å². The van der Waals surface area contributed by atoms with Gasteiger partial charge in [0.05, 0.1) is 14.9 Å². The average molecular weight is 562 g/mol. The molecule has 0 saturated carbocycles. The number of carbonyl (C=O) groups excluding carboxylic acids is 1. The van der Waals surface area contributed by atoms with Gasteiger partial charge < -0.3 is 15.2 Å². The number of carboxylic acid groups (broad SMARTS) is 1. The number of carbonyl (C=O) groups is 2. The lowest BCUT2D eigenvalue weighted by Crippen LogP contribution is -2.37. The highest BCUT2D eigenvalue weighted by molar-refractivity contribution is 7.18. The van der Waals surface area contributed by atoms with Gasteiger partial charge >= 0.3 is 5.97 Å². The minimum absolute atomic E-state index is 0.232. The van der Waals surface area contributed by atoms with E-state index in [-0.39, 0.29) is 5.69 Å². The third-order valence-electron chi connectivity index (χ3n) is 5.12. The van der Waals surface area contributed by atoms with Crippen LogP contribution in [-0.4, -0.2) is 27.6 Å². The third kappa shape index (κ3) is 5.82. The first-order valence-electron chi connectivity index (χ1n) is 10.6. The molecular weight excluding hydrogens is 543 g/mol. The maximum absolute atomic E-state index is 13.2. The van der Waals surface area contributed by atoms with Crippen LogP contribution < -0.4 is 10.1 Å². The van der Waals surface area contributed by atoms with Crippen molar-refractivity contribution in [1.82, 2.24) is 4.98 Å². The number of rotatable bonds is 7. The Morgan fingerprint density at radius 3 is 2.17 bits per heavy atom. The first-order chi connectivity index (χ1) is 17.0. The standard InChI is InChI=1S/C26H19Cl3N2O4S/c1-26(2,25(33)34)35-18-10-5-15(6-11-18)24-31-21(22(36-24)14-3-7-16(27)8-4-14)23(32)30-17-9-12-19(28)20(29)13-17/h3-13H,1-2H3,(H,30,32)(H,33,34). The van der Waals surface area contributed by atoms with Crippen molar-refractivity contribution in [2.75, 3.05) is 5.32 Å². The zero-order valence-corrected chi connectivity index (χ0v) is 22.1. The number of carboxylic acids is 1. The molecular formula is C26H19Cl3N2O4S. The fourth-order valence-corrected chi connectivity index (χ4v) is 4.66. The largest absolute Gasteiger partial charge is 0.478 e. The molecule has 0 aliphatic carbocycles. The summed E-state index contributed by atoms with van der Waals surface area (Å²) in [5, 5.41) is 14.0. The number of thiazole rings is 1. The Morgan fingerprint density at radius 2 is 1.56 bits per heavy atom. The van der Waals surface area contributed by atoms with Gasteiger partial charge in [-0.25, -0.2) is 9.78 Å². The van der Waals surface area contributed by atoms with Crippen LogP contribution >= 0.6 is 46.1 Å². The molecule has 0 spiro atoms. The van der Waals surface area contributed by atoms with Crippen molar-refractivity contribution >= 4 is 63.7 Å². The van der Waals surface area contributed by atoms with E-state index in [2.05, 4.69) is 10.3 Å². The van der Waals surface area contributed by atoms with E-state index >= 15 is 0 Å². The molecule has 1 heterocycles. The Bertz CT molecular complexity index is 1430. The van der Waals surface area contributed by atoms with Gasteiger partial charge in [0.1, 0.15) is 16.5 Å². The van der Waals surface area contributed by atoms with Crippen molar-refractivity contribution in [3.05, 3.63) is 87.5 Å². The zero-order valence-electron chi connectivity index (χ0n) is 19.0. The quantitative estimate of drug-likeness (QED) is 0.239. The highest BCUT2D eigenvalue weighted by atomic mass is 35.5. The molecule has 0 unspecified atom stereocenters. The molecule has 184 valence electrons. The summed E-state index contributed by atoms with van der Waals surface area (Å²) in [5.41, 5.74) is 0.861. The molecule has 4 rings (SSSR count). The normalized spacial score (nSPS) is 11.2. The molecule has 6 nitrogen and oxygen atoms in total. The molecule has 10 heteroatoms. The van der Waals surface area contributed by atoms with Crippen LogP contribution in [0.3, 0.4) is 0 Å². The molecule has 2 N–H and O–H groups in total. The molecule has 3 aromatic carbocycles. The predicted molar refractivity (Wildman–Crippen MR) is 145 cm³/mol. The Morgan fingerprint density at radius 1 is 0.917 bits per heavy atom. The van der Waals surface area contributed by atoms with E-state index in [1.54, 1.807) is 54.6 Å². The predicted octanol–water partition coefficient (Wildman–Crippen LogP) is 7.93. The number of ether oxygens (including phenoxy) is 1. The van der Waals surface area contributed by atoms with Gasteiger partial charge in [-0.15, -0.1) is 11.3 Å². The highest BCUT2D eigenvalue weighted by Crippen LogP contribution is 2.37. The number of nitrogens with zero attached hydrogens (tertiary/aromatic N) is 1. The van der Waals surface area contributed by atoms with Gasteiger partial charge in [0, 0.05) is 16.3 Å². The van der Waals surface area contributed by atoms with Crippen molar-refractivity contribution in [1.29, 1.82) is 0 Å². The summed E-state index contributed by atoms with van der Waals surface area (Å²) in [7, 11) is 0. The van der Waals surface area contributed by atoms with Gasteiger partial charge in [-0.3, -0.25) is 4.79 Å². The Hall–Kier alpha value is -3.10. The molecule has 0 aliphatic rings. The van der Waals surface area contributed by atoms with Crippen molar-refractivity contribution < 1.29 is 19.4 Å². The summed E-state index contributed by atoms with van der Waals surface area (Å²) in [5.74, 6) is -1.08. The smallest absolute Gasteiger partial charge is 0.347 e. The lowest BCUT2D eigenvalue weighted by Gasteiger charge is -2.21. The summed E-state index contributed by atoms with van der Waals surface area (Å²) in [6.45, 7) is 2.95. The van der Waals surface area contributed by atoms with E-state index in [9.17, 15) is 14.7 Å². The van der Waals surface area contributed by atoms with Gasteiger partial charge in [0.15, 0.2) is 5.60 Å². The van der Waals surface area contributed by atoms with Crippen molar-refractivity contribution in [2.45, 2.75) is 19.4 Å². The summed E-state index contributed by atoms with van der Waals surface area (Å²) < 4.78 is 5.57. The average Bonchev–Trinajstić information content (AvgIpc) is 3.28. The van der Waals surface area contributed by atoms with Crippen molar-refractivity contribution in [3.8, 4) is 26.8 Å². The van der Waals surface area contributed by atoms with Crippen LogP contribution in [-0.2, 0) is 4.79 Å². The van der Waals surface area contributed by atoms with Crippen LogP contribution in [0.15, 0.2) is 66.7 Å². The fraction of sp³-hybridized carbons (Fsp3) is 0.115. The first-order valence-corrected chi connectivity index (χ1v) is 12.5. The van der Waals surface area contributed by atoms with E-state index in [4.69, 9.17) is 39.5 Å². The molecule has 0 fully saturated rings. The molecule has 0 radical (unpaired) electrons. The number of hydrogen-bond acceptors (Lipinski definition) is 5. The minimum atomic E-state index is -1.37. The summed E-state index contributed by atoms with van der Waals surface area (Å²) in [6.07, 6.45) is 0. The number of anilines is 1. The van der Waals surface area contributed by atoms with E-state index in [0.717, 1.165) is 11.1 Å². The van der Waals surface area contributed by atoms with E-state index in [0.29, 0.717) is 36.4 Å². The molecule has 0 aliphatic heterocycles. The number of benzene rings is 3. The van der Waals surface area contributed by atoms with E-state index < -0.39 is 17.5 Å². The number of aromatic nitrogens is 1. The zero-order chi connectivity index (χ0) is 26.0. The van der Waals surface area contributed by atoms with E-state index in [1.807, 2.05) is 12.1 Å². The first kappa shape index (κ1) is 26.0. The van der Waals surface area contributed by atoms with Gasteiger partial charge in [0.2, 0.25) is 0 Å². The molecule has 0 atom stereocenters. The monoisotopic (exact) mass is 560 g/mol. The Labute approximate surface area is 226 Å². The number of halogens is 3. The molecule has 0 saturated heterocycles. The Balaban J connectivity index is 1.69. The SMILES string of the molecule is CC(C)(Oc1ccc(-c2nc(C(=O)Nc3ccc(Cl)c(Cl)c3)c(-c3ccc(Cl)cc3)s2)cc1)C(=O)O. The van der Waals surface area contributed by atoms with Gasteiger partial charge in [0.25, 0.3) is 5.91 Å². The van der Waals surface area contributed by atoms with Crippen LogP contribution in [0.4, 0.5) is 5.69 Å². The molecule has 0 bridgehead atoms. The van der Waals surface area contributed by atoms with Gasteiger partial charge in [-0.2, -0.15) is 0 Å². The second-order valence-electron chi connectivity index (χ2n) is 8.23.